The predicted molar refractivity (Wildman–Crippen MR) is 103 cm³/mol. The molecule has 5 heteroatoms. The number of nitrogens with zero attached hydrogens (tertiary/aromatic N) is 2. The summed E-state index contributed by atoms with van der Waals surface area (Å²) in [5.74, 6) is 1.19. The molecule has 1 atom stereocenters. The van der Waals surface area contributed by atoms with Crippen molar-refractivity contribution < 1.29 is 13.9 Å². The van der Waals surface area contributed by atoms with Crippen molar-refractivity contribution in [2.75, 3.05) is 33.3 Å². The first-order valence-corrected chi connectivity index (χ1v) is 10.4. The number of hydrogen-bond donors (Lipinski definition) is 0. The predicted octanol–water partition coefficient (Wildman–Crippen LogP) is 3.84. The van der Waals surface area contributed by atoms with E-state index in [0.29, 0.717) is 23.8 Å². The van der Waals surface area contributed by atoms with Crippen LogP contribution in [0.3, 0.4) is 0 Å². The number of benzene rings is 1. The Kier molecular flexibility index (Phi) is 5.40. The molecule has 0 radical (unpaired) electrons. The number of halogens is 1. The van der Waals surface area contributed by atoms with Gasteiger partial charge >= 0.3 is 0 Å². The Bertz CT molecular complexity index is 689. The monoisotopic (exact) mass is 374 g/mol. The third kappa shape index (κ3) is 3.98. The van der Waals surface area contributed by atoms with E-state index in [1.54, 1.807) is 19.2 Å². The average molecular weight is 375 g/mol. The highest BCUT2D eigenvalue weighted by Crippen LogP contribution is 2.41. The Morgan fingerprint density at radius 2 is 2.00 bits per heavy atom. The van der Waals surface area contributed by atoms with E-state index in [9.17, 15) is 9.18 Å². The lowest BCUT2D eigenvalue weighted by molar-refractivity contribution is -0.134. The number of likely N-dealkylation sites (tertiary alicyclic amines) is 2. The minimum atomic E-state index is -0.167. The van der Waals surface area contributed by atoms with Crippen molar-refractivity contribution in [3.63, 3.8) is 0 Å². The molecule has 4 nitrogen and oxygen atoms in total. The Morgan fingerprint density at radius 3 is 2.78 bits per heavy atom. The summed E-state index contributed by atoms with van der Waals surface area (Å²) < 4.78 is 19.5. The smallest absolute Gasteiger partial charge is 0.225 e. The van der Waals surface area contributed by atoms with Crippen molar-refractivity contribution in [2.24, 2.45) is 11.3 Å². The summed E-state index contributed by atoms with van der Waals surface area (Å²) in [6, 6.07) is 4.96. The fraction of sp³-hybridized carbons (Fsp3) is 0.682. The topological polar surface area (TPSA) is 32.8 Å². The summed E-state index contributed by atoms with van der Waals surface area (Å²) in [5.41, 5.74) is 0.894. The zero-order valence-electron chi connectivity index (χ0n) is 16.4. The van der Waals surface area contributed by atoms with E-state index in [-0.39, 0.29) is 17.2 Å². The highest BCUT2D eigenvalue weighted by molar-refractivity contribution is 5.79. The Hall–Kier alpha value is -1.62. The first kappa shape index (κ1) is 18.7. The summed E-state index contributed by atoms with van der Waals surface area (Å²) in [6.07, 6.45) is 7.94. The molecule has 0 aromatic heterocycles. The van der Waals surface area contributed by atoms with Crippen LogP contribution >= 0.6 is 0 Å². The molecule has 1 aromatic rings. The fourth-order valence-corrected chi connectivity index (χ4v) is 5.37. The van der Waals surface area contributed by atoms with Crippen LogP contribution in [-0.2, 0) is 11.3 Å². The molecule has 0 bridgehead atoms. The molecule has 27 heavy (non-hydrogen) atoms. The van der Waals surface area contributed by atoms with Crippen LogP contribution in [0, 0.1) is 17.2 Å². The maximum atomic E-state index is 14.2. The van der Waals surface area contributed by atoms with Crippen LogP contribution in [0.4, 0.5) is 4.39 Å². The fourth-order valence-electron chi connectivity index (χ4n) is 5.37. The normalized spacial score (nSPS) is 26.8. The molecule has 4 rings (SSSR count). The van der Waals surface area contributed by atoms with Gasteiger partial charge in [-0.15, -0.1) is 0 Å². The van der Waals surface area contributed by atoms with Gasteiger partial charge in [0, 0.05) is 43.1 Å². The van der Waals surface area contributed by atoms with Gasteiger partial charge in [0.05, 0.1) is 7.11 Å². The van der Waals surface area contributed by atoms with Gasteiger partial charge in [-0.3, -0.25) is 9.69 Å². The lowest BCUT2D eigenvalue weighted by atomic mass is 9.79. The lowest BCUT2D eigenvalue weighted by Crippen LogP contribution is -2.45. The number of methoxy groups -OCH3 is 1. The lowest BCUT2D eigenvalue weighted by Gasteiger charge is -2.40. The second-order valence-electron chi connectivity index (χ2n) is 8.76. The number of carbonyl (C=O) groups is 1. The molecule has 3 fully saturated rings. The first-order chi connectivity index (χ1) is 13.1. The number of ether oxygens (including phenoxy) is 1. The standard InChI is InChI=1S/C22H31FN2O2/c1-27-19-7-8-20(23)18(13-19)14-24-11-4-9-22(15-24)10-12-25(16-22)21(26)17-5-2-3-6-17/h7-8,13,17H,2-6,9-12,14-16H2,1H3/t22-/m0/s1. The molecular weight excluding hydrogens is 343 g/mol. The van der Waals surface area contributed by atoms with Gasteiger partial charge < -0.3 is 9.64 Å². The van der Waals surface area contributed by atoms with Crippen molar-refractivity contribution in [3.8, 4) is 5.75 Å². The average Bonchev–Trinajstić information content (AvgIpc) is 3.34. The second-order valence-corrected chi connectivity index (χ2v) is 8.76. The maximum Gasteiger partial charge on any atom is 0.225 e. The quantitative estimate of drug-likeness (QED) is 0.803. The number of piperidine rings is 1. The zero-order valence-corrected chi connectivity index (χ0v) is 16.4. The van der Waals surface area contributed by atoms with E-state index in [2.05, 4.69) is 9.80 Å². The van der Waals surface area contributed by atoms with E-state index in [1.165, 1.54) is 25.3 Å². The summed E-state index contributed by atoms with van der Waals surface area (Å²) in [7, 11) is 1.61. The van der Waals surface area contributed by atoms with Crippen molar-refractivity contribution in [1.82, 2.24) is 9.80 Å². The molecule has 148 valence electrons. The third-order valence-corrected chi connectivity index (χ3v) is 6.84. The number of rotatable bonds is 4. The van der Waals surface area contributed by atoms with E-state index >= 15 is 0 Å². The molecule has 0 unspecified atom stereocenters. The van der Waals surface area contributed by atoms with E-state index < -0.39 is 0 Å². The zero-order chi connectivity index (χ0) is 18.9. The van der Waals surface area contributed by atoms with E-state index in [4.69, 9.17) is 4.74 Å². The van der Waals surface area contributed by atoms with Crippen molar-refractivity contribution in [3.05, 3.63) is 29.6 Å². The minimum absolute atomic E-state index is 0.167. The van der Waals surface area contributed by atoms with Crippen LogP contribution < -0.4 is 4.74 Å². The minimum Gasteiger partial charge on any atom is -0.497 e. The molecule has 1 aliphatic carbocycles. The summed E-state index contributed by atoms with van der Waals surface area (Å²) in [6.45, 7) is 4.35. The molecule has 2 aliphatic heterocycles. The van der Waals surface area contributed by atoms with Gasteiger partial charge in [0.1, 0.15) is 11.6 Å². The molecule has 1 saturated carbocycles. The van der Waals surface area contributed by atoms with Gasteiger partial charge in [-0.2, -0.15) is 0 Å². The molecular formula is C22H31FN2O2. The largest absolute Gasteiger partial charge is 0.497 e. The number of carbonyl (C=O) groups excluding carboxylic acids is 1. The second kappa shape index (κ2) is 7.78. The number of amides is 1. The van der Waals surface area contributed by atoms with Gasteiger partial charge in [0.2, 0.25) is 5.91 Å². The number of hydrogen-bond acceptors (Lipinski definition) is 3. The SMILES string of the molecule is COc1ccc(F)c(CN2CCC[C@]3(CCN(C(=O)C4CCCC4)C3)C2)c1. The van der Waals surface area contributed by atoms with Crippen LogP contribution in [0.1, 0.15) is 50.5 Å². The third-order valence-electron chi connectivity index (χ3n) is 6.84. The van der Waals surface area contributed by atoms with Gasteiger partial charge in [-0.25, -0.2) is 4.39 Å². The molecule has 1 aromatic carbocycles. The summed E-state index contributed by atoms with van der Waals surface area (Å²) in [4.78, 5) is 17.3. The van der Waals surface area contributed by atoms with Crippen LogP contribution in [0.25, 0.3) is 0 Å². The van der Waals surface area contributed by atoms with Gasteiger partial charge in [-0.1, -0.05) is 12.8 Å². The summed E-state index contributed by atoms with van der Waals surface area (Å²) in [5, 5.41) is 0. The van der Waals surface area contributed by atoms with Gasteiger partial charge in [-0.05, 0) is 56.8 Å². The Morgan fingerprint density at radius 1 is 1.19 bits per heavy atom. The molecule has 2 saturated heterocycles. The molecule has 3 aliphatic rings. The van der Waals surface area contributed by atoms with Gasteiger partial charge in [0.15, 0.2) is 0 Å². The molecule has 1 amide bonds. The van der Waals surface area contributed by atoms with Crippen LogP contribution in [0.15, 0.2) is 18.2 Å². The Balaban J connectivity index is 1.40. The highest BCUT2D eigenvalue weighted by atomic mass is 19.1. The van der Waals surface area contributed by atoms with Crippen molar-refractivity contribution in [1.29, 1.82) is 0 Å². The Labute approximate surface area is 161 Å². The van der Waals surface area contributed by atoms with E-state index in [0.717, 1.165) is 51.9 Å². The van der Waals surface area contributed by atoms with Crippen LogP contribution in [0.2, 0.25) is 0 Å². The summed E-state index contributed by atoms with van der Waals surface area (Å²) >= 11 is 0. The highest BCUT2D eigenvalue weighted by Gasteiger charge is 2.44. The molecule has 1 spiro atoms. The van der Waals surface area contributed by atoms with Crippen molar-refractivity contribution in [2.45, 2.75) is 51.5 Å². The van der Waals surface area contributed by atoms with Crippen molar-refractivity contribution >= 4 is 5.91 Å². The molecule has 0 N–H and O–H groups in total. The maximum absolute atomic E-state index is 14.2. The molecule has 2 heterocycles. The van der Waals surface area contributed by atoms with Crippen LogP contribution in [0.5, 0.6) is 5.75 Å². The van der Waals surface area contributed by atoms with Crippen LogP contribution in [-0.4, -0.2) is 49.0 Å². The first-order valence-electron chi connectivity index (χ1n) is 10.4. The van der Waals surface area contributed by atoms with E-state index in [1.807, 2.05) is 0 Å². The van der Waals surface area contributed by atoms with Gasteiger partial charge in [0.25, 0.3) is 0 Å².